The summed E-state index contributed by atoms with van der Waals surface area (Å²) in [5.41, 5.74) is 2.88. The van der Waals surface area contributed by atoms with Crippen molar-refractivity contribution < 1.29 is 9.53 Å². The lowest BCUT2D eigenvalue weighted by molar-refractivity contribution is 0.0938. The number of pyridine rings is 1. The predicted octanol–water partition coefficient (Wildman–Crippen LogP) is 2.55. The summed E-state index contributed by atoms with van der Waals surface area (Å²) in [6.45, 7) is 3.28. The Balaban J connectivity index is 1.91. The third kappa shape index (κ3) is 2.81. The zero-order valence-electron chi connectivity index (χ0n) is 12.0. The second kappa shape index (κ2) is 6.06. The Bertz CT molecular complexity index is 655. The van der Waals surface area contributed by atoms with E-state index in [9.17, 15) is 4.79 Å². The topological polar surface area (TPSA) is 51.2 Å². The van der Waals surface area contributed by atoms with Crippen molar-refractivity contribution in [3.63, 3.8) is 0 Å². The predicted molar refractivity (Wildman–Crippen MR) is 80.6 cm³/mol. The summed E-state index contributed by atoms with van der Waals surface area (Å²) in [4.78, 5) is 16.9. The fourth-order valence-electron chi connectivity index (χ4n) is 2.70. The number of ether oxygens (including phenoxy) is 1. The van der Waals surface area contributed by atoms with Crippen LogP contribution in [0.15, 0.2) is 42.7 Å². The maximum Gasteiger partial charge on any atom is 0.185 e. The van der Waals surface area contributed by atoms with E-state index < -0.39 is 0 Å². The Morgan fingerprint density at radius 3 is 3.10 bits per heavy atom. The summed E-state index contributed by atoms with van der Waals surface area (Å²) in [7, 11) is 0. The van der Waals surface area contributed by atoms with E-state index in [2.05, 4.69) is 16.4 Å². The van der Waals surface area contributed by atoms with Crippen molar-refractivity contribution in [2.45, 2.75) is 19.4 Å². The van der Waals surface area contributed by atoms with E-state index in [1.807, 2.05) is 25.1 Å². The van der Waals surface area contributed by atoms with Crippen LogP contribution in [-0.4, -0.2) is 23.9 Å². The van der Waals surface area contributed by atoms with E-state index in [1.165, 1.54) is 5.56 Å². The third-order valence-electron chi connectivity index (χ3n) is 3.68. The van der Waals surface area contributed by atoms with Crippen molar-refractivity contribution >= 4 is 5.78 Å². The number of ketones is 1. The number of fused-ring (bicyclic) bond motifs is 1. The molecule has 2 aromatic rings. The van der Waals surface area contributed by atoms with Crippen LogP contribution < -0.4 is 10.1 Å². The Kier molecular flexibility index (Phi) is 3.97. The number of nitrogens with one attached hydrogen (secondary N) is 1. The third-order valence-corrected chi connectivity index (χ3v) is 3.68. The molecule has 1 aromatic carbocycles. The Labute approximate surface area is 124 Å². The first-order valence-electron chi connectivity index (χ1n) is 7.23. The molecule has 2 heterocycles. The summed E-state index contributed by atoms with van der Waals surface area (Å²) in [6.07, 6.45) is 4.18. The fraction of sp³-hybridized carbons (Fsp3) is 0.294. The molecule has 0 fully saturated rings. The summed E-state index contributed by atoms with van der Waals surface area (Å²) >= 11 is 0. The van der Waals surface area contributed by atoms with E-state index in [-0.39, 0.29) is 11.8 Å². The van der Waals surface area contributed by atoms with Gasteiger partial charge in [0.15, 0.2) is 5.78 Å². The van der Waals surface area contributed by atoms with Crippen molar-refractivity contribution in [1.29, 1.82) is 0 Å². The maximum absolute atomic E-state index is 12.8. The molecule has 0 spiro atoms. The fourth-order valence-corrected chi connectivity index (χ4v) is 2.70. The molecule has 4 nitrogen and oxygen atoms in total. The second-order valence-electron chi connectivity index (χ2n) is 5.04. The highest BCUT2D eigenvalue weighted by atomic mass is 16.5. The summed E-state index contributed by atoms with van der Waals surface area (Å²) < 4.78 is 5.42. The van der Waals surface area contributed by atoms with Gasteiger partial charge < -0.3 is 10.1 Å². The standard InChI is InChI=1S/C17H18N2O2/c1-2-21-14-9-13(10-18-11-14)17(20)16-15-6-4-3-5-12(15)7-8-19-16/h3-6,9-11,16,19H,2,7-8H2,1H3. The number of benzene rings is 1. The van der Waals surface area contributed by atoms with Gasteiger partial charge in [-0.1, -0.05) is 24.3 Å². The molecular formula is C17H18N2O2. The Hall–Kier alpha value is -2.20. The van der Waals surface area contributed by atoms with Gasteiger partial charge in [0.05, 0.1) is 18.8 Å². The quantitative estimate of drug-likeness (QED) is 0.876. The van der Waals surface area contributed by atoms with Crippen LogP contribution in [0.2, 0.25) is 0 Å². The largest absolute Gasteiger partial charge is 0.492 e. The number of hydrogen-bond acceptors (Lipinski definition) is 4. The SMILES string of the molecule is CCOc1cncc(C(=O)C2NCCc3ccccc32)c1. The van der Waals surface area contributed by atoms with Gasteiger partial charge in [-0.2, -0.15) is 0 Å². The van der Waals surface area contributed by atoms with Gasteiger partial charge in [-0.25, -0.2) is 0 Å². The van der Waals surface area contributed by atoms with Crippen molar-refractivity contribution in [1.82, 2.24) is 10.3 Å². The molecular weight excluding hydrogens is 264 g/mol. The molecule has 3 rings (SSSR count). The van der Waals surface area contributed by atoms with E-state index in [0.29, 0.717) is 17.9 Å². The normalized spacial score (nSPS) is 17.1. The first-order chi connectivity index (χ1) is 10.3. The number of rotatable bonds is 4. The van der Waals surface area contributed by atoms with Crippen LogP contribution in [-0.2, 0) is 6.42 Å². The second-order valence-corrected chi connectivity index (χ2v) is 5.04. The molecule has 1 aliphatic rings. The molecule has 21 heavy (non-hydrogen) atoms. The van der Waals surface area contributed by atoms with E-state index in [1.54, 1.807) is 18.5 Å². The highest BCUT2D eigenvalue weighted by molar-refractivity contribution is 6.01. The van der Waals surface area contributed by atoms with Gasteiger partial charge in [0, 0.05) is 18.3 Å². The molecule has 1 aromatic heterocycles. The van der Waals surface area contributed by atoms with E-state index in [0.717, 1.165) is 18.5 Å². The van der Waals surface area contributed by atoms with Gasteiger partial charge >= 0.3 is 0 Å². The molecule has 0 amide bonds. The van der Waals surface area contributed by atoms with Crippen LogP contribution in [0.1, 0.15) is 34.5 Å². The number of hydrogen-bond donors (Lipinski definition) is 1. The van der Waals surface area contributed by atoms with Crippen molar-refractivity contribution in [2.24, 2.45) is 0 Å². The molecule has 0 aliphatic carbocycles. The van der Waals surface area contributed by atoms with Crippen molar-refractivity contribution in [3.05, 3.63) is 59.4 Å². The Morgan fingerprint density at radius 1 is 1.38 bits per heavy atom. The molecule has 4 heteroatoms. The van der Waals surface area contributed by atoms with Crippen LogP contribution in [0.25, 0.3) is 0 Å². The van der Waals surface area contributed by atoms with Gasteiger partial charge in [-0.3, -0.25) is 9.78 Å². The van der Waals surface area contributed by atoms with Crippen LogP contribution in [0.4, 0.5) is 0 Å². The number of nitrogens with zero attached hydrogens (tertiary/aromatic N) is 1. The highest BCUT2D eigenvalue weighted by Gasteiger charge is 2.26. The number of aromatic nitrogens is 1. The molecule has 0 saturated heterocycles. The number of carbonyl (C=O) groups is 1. The summed E-state index contributed by atoms with van der Waals surface area (Å²) in [5.74, 6) is 0.670. The monoisotopic (exact) mass is 282 g/mol. The molecule has 1 unspecified atom stereocenters. The van der Waals surface area contributed by atoms with Crippen LogP contribution in [0, 0.1) is 0 Å². The van der Waals surface area contributed by atoms with Crippen molar-refractivity contribution in [2.75, 3.05) is 13.2 Å². The maximum atomic E-state index is 12.8. The molecule has 1 atom stereocenters. The number of Topliss-reactive ketones (excluding diaryl/α,β-unsaturated/α-hetero) is 1. The van der Waals surface area contributed by atoms with Gasteiger partial charge in [0.25, 0.3) is 0 Å². The van der Waals surface area contributed by atoms with Crippen LogP contribution >= 0.6 is 0 Å². The zero-order valence-corrected chi connectivity index (χ0v) is 12.0. The minimum atomic E-state index is -0.298. The number of carbonyl (C=O) groups excluding carboxylic acids is 1. The minimum absolute atomic E-state index is 0.0382. The van der Waals surface area contributed by atoms with Gasteiger partial charge in [0.2, 0.25) is 0 Å². The molecule has 0 bridgehead atoms. The molecule has 1 N–H and O–H groups in total. The lowest BCUT2D eigenvalue weighted by Gasteiger charge is -2.25. The first-order valence-corrected chi connectivity index (χ1v) is 7.23. The van der Waals surface area contributed by atoms with Gasteiger partial charge in [-0.05, 0) is 30.5 Å². The average Bonchev–Trinajstić information content (AvgIpc) is 2.54. The molecule has 0 radical (unpaired) electrons. The van der Waals surface area contributed by atoms with E-state index >= 15 is 0 Å². The average molecular weight is 282 g/mol. The Morgan fingerprint density at radius 2 is 2.24 bits per heavy atom. The zero-order chi connectivity index (χ0) is 14.7. The van der Waals surface area contributed by atoms with Gasteiger partial charge in [-0.15, -0.1) is 0 Å². The van der Waals surface area contributed by atoms with Crippen LogP contribution in [0.5, 0.6) is 5.75 Å². The smallest absolute Gasteiger partial charge is 0.185 e. The molecule has 1 aliphatic heterocycles. The molecule has 0 saturated carbocycles. The molecule has 108 valence electrons. The van der Waals surface area contributed by atoms with E-state index in [4.69, 9.17) is 4.74 Å². The van der Waals surface area contributed by atoms with Gasteiger partial charge in [0.1, 0.15) is 5.75 Å². The summed E-state index contributed by atoms with van der Waals surface area (Å²) in [5, 5.41) is 3.31. The minimum Gasteiger partial charge on any atom is -0.492 e. The van der Waals surface area contributed by atoms with Crippen molar-refractivity contribution in [3.8, 4) is 5.75 Å². The first kappa shape index (κ1) is 13.8. The highest BCUT2D eigenvalue weighted by Crippen LogP contribution is 2.26. The lowest BCUT2D eigenvalue weighted by atomic mass is 9.90. The van der Waals surface area contributed by atoms with Crippen LogP contribution in [0.3, 0.4) is 0 Å². The lowest BCUT2D eigenvalue weighted by Crippen LogP contribution is -2.35. The summed E-state index contributed by atoms with van der Waals surface area (Å²) in [6, 6.07) is 9.56.